The largest absolute Gasteiger partial charge is 0.466 e. The van der Waals surface area contributed by atoms with Crippen molar-refractivity contribution in [2.24, 2.45) is 0 Å². The predicted molar refractivity (Wildman–Crippen MR) is 81.2 cm³/mol. The number of aryl methyl sites for hydroxylation is 1. The number of amides is 1. The quantitative estimate of drug-likeness (QED) is 0.637. The Balaban J connectivity index is 1.81. The molecule has 0 aromatic heterocycles. The van der Waals surface area contributed by atoms with Crippen LogP contribution in [0.5, 0.6) is 0 Å². The van der Waals surface area contributed by atoms with Crippen LogP contribution in [0.3, 0.4) is 0 Å². The van der Waals surface area contributed by atoms with Gasteiger partial charge in [0, 0.05) is 18.8 Å². The van der Waals surface area contributed by atoms with Crippen LogP contribution in [0.25, 0.3) is 0 Å². The number of rotatable bonds is 6. The summed E-state index contributed by atoms with van der Waals surface area (Å²) in [6.45, 7) is 3.63. The van der Waals surface area contributed by atoms with E-state index in [1.165, 1.54) is 5.56 Å². The van der Waals surface area contributed by atoms with Crippen LogP contribution >= 0.6 is 0 Å². The van der Waals surface area contributed by atoms with E-state index in [2.05, 4.69) is 11.4 Å². The summed E-state index contributed by atoms with van der Waals surface area (Å²) in [5.74, 6) is -0.188. The zero-order valence-corrected chi connectivity index (χ0v) is 12.4. The second kappa shape index (κ2) is 7.78. The maximum absolute atomic E-state index is 12.3. The van der Waals surface area contributed by atoms with Gasteiger partial charge in [0.2, 0.25) is 5.91 Å². The van der Waals surface area contributed by atoms with Crippen LogP contribution in [-0.4, -0.2) is 38.1 Å². The van der Waals surface area contributed by atoms with Gasteiger partial charge in [0.05, 0.1) is 19.6 Å². The highest BCUT2D eigenvalue weighted by Crippen LogP contribution is 2.26. The summed E-state index contributed by atoms with van der Waals surface area (Å²) < 4.78 is 4.84. The van der Waals surface area contributed by atoms with Crippen LogP contribution in [-0.2, 0) is 20.7 Å². The predicted octanol–water partition coefficient (Wildman–Crippen LogP) is 1.51. The molecule has 0 saturated heterocycles. The van der Waals surface area contributed by atoms with Gasteiger partial charge in [-0.3, -0.25) is 9.59 Å². The Morgan fingerprint density at radius 1 is 1.33 bits per heavy atom. The lowest BCUT2D eigenvalue weighted by molar-refractivity contribution is -0.143. The lowest BCUT2D eigenvalue weighted by Crippen LogP contribution is -2.41. The van der Waals surface area contributed by atoms with Crippen molar-refractivity contribution >= 4 is 17.6 Å². The van der Waals surface area contributed by atoms with Crippen LogP contribution in [0.15, 0.2) is 24.3 Å². The molecule has 1 aromatic rings. The van der Waals surface area contributed by atoms with E-state index >= 15 is 0 Å². The van der Waals surface area contributed by atoms with Crippen molar-refractivity contribution in [3.63, 3.8) is 0 Å². The Morgan fingerprint density at radius 2 is 2.14 bits per heavy atom. The average Bonchev–Trinajstić information content (AvgIpc) is 2.51. The summed E-state index contributed by atoms with van der Waals surface area (Å²) in [4.78, 5) is 25.3. The first-order valence-corrected chi connectivity index (χ1v) is 7.47. The van der Waals surface area contributed by atoms with Gasteiger partial charge < -0.3 is 15.0 Å². The van der Waals surface area contributed by atoms with Crippen molar-refractivity contribution in [1.82, 2.24) is 5.32 Å². The van der Waals surface area contributed by atoms with Gasteiger partial charge in [0.15, 0.2) is 0 Å². The number of anilines is 1. The van der Waals surface area contributed by atoms with Gasteiger partial charge in [-0.15, -0.1) is 0 Å². The van der Waals surface area contributed by atoms with Gasteiger partial charge in [-0.1, -0.05) is 18.2 Å². The first-order chi connectivity index (χ1) is 10.2. The third-order valence-electron chi connectivity index (χ3n) is 3.50. The molecule has 21 heavy (non-hydrogen) atoms. The molecular weight excluding hydrogens is 268 g/mol. The maximum atomic E-state index is 12.3. The lowest BCUT2D eigenvalue weighted by atomic mass is 10.0. The Hall–Kier alpha value is -1.88. The molecule has 5 heteroatoms. The number of para-hydroxylation sites is 1. The molecule has 0 unspecified atom stereocenters. The molecule has 1 aromatic carbocycles. The van der Waals surface area contributed by atoms with E-state index in [-0.39, 0.29) is 24.8 Å². The van der Waals surface area contributed by atoms with Crippen LogP contribution in [0.4, 0.5) is 5.69 Å². The van der Waals surface area contributed by atoms with Crippen molar-refractivity contribution in [3.8, 4) is 0 Å². The van der Waals surface area contributed by atoms with Crippen LogP contribution in [0.2, 0.25) is 0 Å². The molecule has 1 N–H and O–H groups in total. The van der Waals surface area contributed by atoms with Gasteiger partial charge in [-0.2, -0.15) is 0 Å². The summed E-state index contributed by atoms with van der Waals surface area (Å²) in [6.07, 6.45) is 2.31. The summed E-state index contributed by atoms with van der Waals surface area (Å²) >= 11 is 0. The number of carbonyl (C=O) groups is 2. The molecule has 0 radical (unpaired) electrons. The molecular formula is C16H22N2O3. The molecule has 0 aliphatic carbocycles. The molecule has 2 rings (SSSR count). The first-order valence-electron chi connectivity index (χ1n) is 7.47. The van der Waals surface area contributed by atoms with Crippen LogP contribution < -0.4 is 10.2 Å². The van der Waals surface area contributed by atoms with E-state index in [1.807, 2.05) is 23.1 Å². The summed E-state index contributed by atoms with van der Waals surface area (Å²) in [5.41, 5.74) is 2.24. The summed E-state index contributed by atoms with van der Waals surface area (Å²) in [6, 6.07) is 8.02. The second-order valence-electron chi connectivity index (χ2n) is 5.01. The number of nitrogens with one attached hydrogen (secondary N) is 1. The van der Waals surface area contributed by atoms with Gasteiger partial charge in [0.1, 0.15) is 0 Å². The normalized spacial score (nSPS) is 13.7. The molecule has 0 fully saturated rings. The number of hydrogen-bond donors (Lipinski definition) is 1. The van der Waals surface area contributed by atoms with E-state index in [0.29, 0.717) is 13.2 Å². The fourth-order valence-corrected chi connectivity index (χ4v) is 2.51. The fraction of sp³-hybridized carbons (Fsp3) is 0.500. The number of ether oxygens (including phenoxy) is 1. The molecule has 114 valence electrons. The van der Waals surface area contributed by atoms with Crippen molar-refractivity contribution in [2.45, 2.75) is 26.2 Å². The minimum atomic E-state index is -0.235. The van der Waals surface area contributed by atoms with Crippen molar-refractivity contribution in [1.29, 1.82) is 0 Å². The zero-order chi connectivity index (χ0) is 15.1. The Bertz CT molecular complexity index is 502. The molecule has 0 saturated carbocycles. The molecule has 0 atom stereocenters. The summed E-state index contributed by atoms with van der Waals surface area (Å²) in [5, 5.41) is 3.01. The first kappa shape index (κ1) is 15.5. The maximum Gasteiger partial charge on any atom is 0.307 e. The molecule has 1 aliphatic heterocycles. The van der Waals surface area contributed by atoms with E-state index < -0.39 is 0 Å². The molecule has 1 heterocycles. The minimum Gasteiger partial charge on any atom is -0.466 e. The number of esters is 1. The zero-order valence-electron chi connectivity index (χ0n) is 12.4. The van der Waals surface area contributed by atoms with Crippen molar-refractivity contribution in [3.05, 3.63) is 29.8 Å². The highest BCUT2D eigenvalue weighted by molar-refractivity contribution is 5.95. The number of fused-ring (bicyclic) bond motifs is 1. The van der Waals surface area contributed by atoms with Gasteiger partial charge in [0.25, 0.3) is 0 Å². The standard InChI is InChI=1S/C16H22N2O3/c1-2-21-16(20)9-10-17-12-15(19)18-11-5-7-13-6-3-4-8-14(13)18/h3-4,6,8,17H,2,5,7,9-12H2,1H3. The topological polar surface area (TPSA) is 58.6 Å². The highest BCUT2D eigenvalue weighted by atomic mass is 16.5. The van der Waals surface area contributed by atoms with E-state index in [0.717, 1.165) is 25.1 Å². The van der Waals surface area contributed by atoms with E-state index in [4.69, 9.17) is 4.74 Å². The third-order valence-corrected chi connectivity index (χ3v) is 3.50. The number of benzene rings is 1. The number of carbonyl (C=O) groups excluding carboxylic acids is 2. The lowest BCUT2D eigenvalue weighted by Gasteiger charge is -2.29. The van der Waals surface area contributed by atoms with E-state index in [1.54, 1.807) is 6.92 Å². The molecule has 0 spiro atoms. The van der Waals surface area contributed by atoms with Crippen molar-refractivity contribution in [2.75, 3.05) is 31.1 Å². The monoisotopic (exact) mass is 290 g/mol. The van der Waals surface area contributed by atoms with Gasteiger partial charge >= 0.3 is 5.97 Å². The number of nitrogens with zero attached hydrogens (tertiary/aromatic N) is 1. The Kier molecular flexibility index (Phi) is 5.75. The third kappa shape index (κ3) is 4.29. The molecule has 1 amide bonds. The van der Waals surface area contributed by atoms with Gasteiger partial charge in [-0.25, -0.2) is 0 Å². The van der Waals surface area contributed by atoms with Crippen LogP contribution in [0, 0.1) is 0 Å². The average molecular weight is 290 g/mol. The molecule has 0 bridgehead atoms. The van der Waals surface area contributed by atoms with Crippen LogP contribution in [0.1, 0.15) is 25.3 Å². The fourth-order valence-electron chi connectivity index (χ4n) is 2.51. The smallest absolute Gasteiger partial charge is 0.307 e. The molecule has 1 aliphatic rings. The van der Waals surface area contributed by atoms with Crippen molar-refractivity contribution < 1.29 is 14.3 Å². The number of hydrogen-bond acceptors (Lipinski definition) is 4. The summed E-state index contributed by atoms with van der Waals surface area (Å²) in [7, 11) is 0. The van der Waals surface area contributed by atoms with Gasteiger partial charge in [-0.05, 0) is 31.4 Å². The highest BCUT2D eigenvalue weighted by Gasteiger charge is 2.21. The SMILES string of the molecule is CCOC(=O)CCNCC(=O)N1CCCc2ccccc21. The van der Waals surface area contributed by atoms with E-state index in [9.17, 15) is 9.59 Å². The Morgan fingerprint density at radius 3 is 2.95 bits per heavy atom. The minimum absolute atomic E-state index is 0.0472. The Labute approximate surface area is 125 Å². The molecule has 5 nitrogen and oxygen atoms in total. The second-order valence-corrected chi connectivity index (χ2v) is 5.01.